The van der Waals surface area contributed by atoms with Gasteiger partial charge in [0.05, 0.1) is 29.2 Å². The number of benzene rings is 3. The van der Waals surface area contributed by atoms with Crippen LogP contribution in [0.1, 0.15) is 88.3 Å². The highest BCUT2D eigenvalue weighted by Crippen LogP contribution is 2.38. The third-order valence-corrected chi connectivity index (χ3v) is 11.8. The molecule has 0 radical (unpaired) electrons. The lowest BCUT2D eigenvalue weighted by Crippen LogP contribution is -2.52. The van der Waals surface area contributed by atoms with E-state index in [0.717, 1.165) is 83.0 Å². The van der Waals surface area contributed by atoms with Crippen LogP contribution in [0.3, 0.4) is 0 Å². The summed E-state index contributed by atoms with van der Waals surface area (Å²) in [4.78, 5) is 76.0. The normalized spacial score (nSPS) is 17.9. The van der Waals surface area contributed by atoms with Crippen molar-refractivity contribution in [3.63, 3.8) is 0 Å². The molecule has 1 atom stereocenters. The van der Waals surface area contributed by atoms with Crippen LogP contribution in [-0.2, 0) is 43.5 Å². The van der Waals surface area contributed by atoms with Gasteiger partial charge in [-0.2, -0.15) is 0 Å². The van der Waals surface area contributed by atoms with Crippen LogP contribution in [0.2, 0.25) is 0 Å². The lowest BCUT2D eigenvalue weighted by Gasteiger charge is -2.30. The summed E-state index contributed by atoms with van der Waals surface area (Å²) in [6.07, 6.45) is 4.50. The number of aromatic nitrogens is 3. The molecule has 0 spiro atoms. The fraction of sp³-hybridized carbons (Fsp3) is 0.326. The molecule has 5 aromatic rings. The predicted molar refractivity (Wildman–Crippen MR) is 217 cm³/mol. The first-order chi connectivity index (χ1) is 28.7. The van der Waals surface area contributed by atoms with E-state index in [1.165, 1.54) is 4.90 Å². The second-order valence-electron chi connectivity index (χ2n) is 15.3. The largest absolute Gasteiger partial charge is 0.461 e. The summed E-state index contributed by atoms with van der Waals surface area (Å²) in [5.41, 5.74) is 6.86. The molecule has 4 amide bonds. The maximum absolute atomic E-state index is 13.1. The second kappa shape index (κ2) is 15.9. The number of esters is 1. The SMILES string of the molecule is CC(=O)N1CCn2c(C3CCOCC3)nc(-c3cccc4cc(-c5ccc(C(=O)OCCC#Cc6cccc7c6CN(C6CCC(=O)NC6=O)C7=O)cc5)ncc34)c2C1. The number of ether oxygens (including phenoxy) is 2. The highest BCUT2D eigenvalue weighted by Gasteiger charge is 2.40. The molecule has 2 saturated heterocycles. The molecule has 4 aliphatic rings. The third kappa shape index (κ3) is 7.36. The minimum Gasteiger partial charge on any atom is -0.461 e. The average Bonchev–Trinajstić information content (AvgIpc) is 3.81. The molecule has 4 aliphatic heterocycles. The standard InChI is InChI=1S/C46H42N6O7/c1-28(53)50-19-20-51-40(27-50)42(49-43(51)31-17-22-58-23-18-31)34-9-5-8-33-24-38(47-25-36(33)34)30-11-13-32(14-12-30)46(57)59-21-3-2-6-29-7-4-10-35-37(29)26-52(45(35)56)39-15-16-41(54)48-44(39)55/h4-5,7-14,24-25,31,39H,3,15-23,26-27H2,1H3,(H,48,54,55). The number of carbonyl (C=O) groups excluding carboxylic acids is 5. The van der Waals surface area contributed by atoms with Gasteiger partial charge in [0, 0.05) is 92.4 Å². The molecule has 0 saturated carbocycles. The number of hydrogen-bond acceptors (Lipinski definition) is 9. The molecule has 13 nitrogen and oxygen atoms in total. The number of rotatable bonds is 7. The van der Waals surface area contributed by atoms with Gasteiger partial charge in [-0.25, -0.2) is 9.78 Å². The molecule has 0 bridgehead atoms. The van der Waals surface area contributed by atoms with Crippen LogP contribution < -0.4 is 5.32 Å². The predicted octanol–water partition coefficient (Wildman–Crippen LogP) is 5.38. The lowest BCUT2D eigenvalue weighted by molar-refractivity contribution is -0.137. The number of piperidine rings is 1. The molecule has 3 aromatic carbocycles. The number of imide groups is 1. The molecule has 1 unspecified atom stereocenters. The summed E-state index contributed by atoms with van der Waals surface area (Å²) in [5.74, 6) is 6.08. The fourth-order valence-corrected chi connectivity index (χ4v) is 8.60. The Bertz CT molecular complexity index is 2600. The molecule has 9 rings (SSSR count). The molecular formula is C46H42N6O7. The summed E-state index contributed by atoms with van der Waals surface area (Å²) >= 11 is 0. The number of fused-ring (bicyclic) bond motifs is 3. The van der Waals surface area contributed by atoms with Gasteiger partial charge in [0.15, 0.2) is 0 Å². The highest BCUT2D eigenvalue weighted by atomic mass is 16.5. The van der Waals surface area contributed by atoms with Crippen LogP contribution in [0, 0.1) is 11.8 Å². The van der Waals surface area contributed by atoms with E-state index in [1.54, 1.807) is 31.2 Å². The Morgan fingerprint density at radius 3 is 2.54 bits per heavy atom. The van der Waals surface area contributed by atoms with Crippen LogP contribution in [0.5, 0.6) is 0 Å². The summed E-state index contributed by atoms with van der Waals surface area (Å²) in [6, 6.07) is 20.0. The Hall–Kier alpha value is -6.65. The first-order valence-electron chi connectivity index (χ1n) is 20.1. The van der Waals surface area contributed by atoms with Crippen molar-refractivity contribution in [1.29, 1.82) is 0 Å². The van der Waals surface area contributed by atoms with E-state index in [1.807, 2.05) is 41.4 Å². The van der Waals surface area contributed by atoms with Crippen molar-refractivity contribution in [3.8, 4) is 34.4 Å². The van der Waals surface area contributed by atoms with E-state index in [2.05, 4.69) is 33.9 Å². The van der Waals surface area contributed by atoms with Crippen LogP contribution >= 0.6 is 0 Å². The van der Waals surface area contributed by atoms with Gasteiger partial charge >= 0.3 is 5.97 Å². The maximum Gasteiger partial charge on any atom is 0.338 e. The molecule has 59 heavy (non-hydrogen) atoms. The van der Waals surface area contributed by atoms with Crippen molar-refractivity contribution in [2.75, 3.05) is 26.4 Å². The Balaban J connectivity index is 0.858. The van der Waals surface area contributed by atoms with Crippen LogP contribution in [0.4, 0.5) is 0 Å². The highest BCUT2D eigenvalue weighted by molar-refractivity contribution is 6.05. The van der Waals surface area contributed by atoms with Crippen molar-refractivity contribution in [2.24, 2.45) is 0 Å². The number of pyridine rings is 1. The number of carbonyl (C=O) groups is 5. The molecule has 1 N–H and O–H groups in total. The Morgan fingerprint density at radius 1 is 0.949 bits per heavy atom. The summed E-state index contributed by atoms with van der Waals surface area (Å²) in [5, 5.41) is 4.30. The van der Waals surface area contributed by atoms with Gasteiger partial charge in [0.1, 0.15) is 18.5 Å². The van der Waals surface area contributed by atoms with Gasteiger partial charge in [0.25, 0.3) is 5.91 Å². The van der Waals surface area contributed by atoms with E-state index < -0.39 is 17.9 Å². The maximum atomic E-state index is 13.1. The summed E-state index contributed by atoms with van der Waals surface area (Å²) in [6.45, 7) is 5.28. The first kappa shape index (κ1) is 37.9. The second-order valence-corrected chi connectivity index (χ2v) is 15.3. The molecule has 2 aromatic heterocycles. The number of amides is 4. The Morgan fingerprint density at radius 2 is 1.75 bits per heavy atom. The van der Waals surface area contributed by atoms with E-state index in [9.17, 15) is 24.0 Å². The number of imidazole rings is 1. The number of nitrogens with zero attached hydrogens (tertiary/aromatic N) is 5. The minimum absolute atomic E-state index is 0.0553. The van der Waals surface area contributed by atoms with Gasteiger partial charge in [-0.1, -0.05) is 48.2 Å². The van der Waals surface area contributed by atoms with Crippen LogP contribution in [0.25, 0.3) is 33.3 Å². The van der Waals surface area contributed by atoms with Crippen molar-refractivity contribution in [1.82, 2.24) is 29.7 Å². The van der Waals surface area contributed by atoms with Gasteiger partial charge < -0.3 is 23.8 Å². The van der Waals surface area contributed by atoms with Crippen molar-refractivity contribution in [3.05, 3.63) is 107 Å². The van der Waals surface area contributed by atoms with Crippen molar-refractivity contribution < 1.29 is 33.4 Å². The Kier molecular flexibility index (Phi) is 10.2. The van der Waals surface area contributed by atoms with Gasteiger partial charge in [-0.15, -0.1) is 0 Å². The van der Waals surface area contributed by atoms with Gasteiger partial charge in [0.2, 0.25) is 17.7 Å². The Labute approximate surface area is 340 Å². The summed E-state index contributed by atoms with van der Waals surface area (Å²) in [7, 11) is 0. The zero-order valence-electron chi connectivity index (χ0n) is 32.7. The summed E-state index contributed by atoms with van der Waals surface area (Å²) < 4.78 is 13.5. The lowest BCUT2D eigenvalue weighted by atomic mass is 9.99. The molecule has 6 heterocycles. The van der Waals surface area contributed by atoms with Crippen molar-refractivity contribution in [2.45, 2.75) is 70.6 Å². The quantitative estimate of drug-likeness (QED) is 0.0992. The fourth-order valence-electron chi connectivity index (χ4n) is 8.60. The zero-order valence-corrected chi connectivity index (χ0v) is 32.7. The molecule has 0 aliphatic carbocycles. The zero-order chi connectivity index (χ0) is 40.6. The molecule has 298 valence electrons. The van der Waals surface area contributed by atoms with Crippen LogP contribution in [-0.4, -0.2) is 86.3 Å². The van der Waals surface area contributed by atoms with Gasteiger partial charge in [-0.3, -0.25) is 29.5 Å². The third-order valence-electron chi connectivity index (χ3n) is 11.8. The topological polar surface area (TPSA) is 153 Å². The monoisotopic (exact) mass is 790 g/mol. The average molecular weight is 791 g/mol. The van der Waals surface area contributed by atoms with Gasteiger partial charge in [-0.05, 0) is 60.5 Å². The molecule has 2 fully saturated rings. The minimum atomic E-state index is -0.697. The smallest absolute Gasteiger partial charge is 0.338 e. The first-order valence-corrected chi connectivity index (χ1v) is 20.1. The van der Waals surface area contributed by atoms with Crippen molar-refractivity contribution >= 4 is 40.4 Å². The van der Waals surface area contributed by atoms with E-state index in [-0.39, 0.29) is 50.1 Å². The van der Waals surface area contributed by atoms with E-state index in [4.69, 9.17) is 19.4 Å². The van der Waals surface area contributed by atoms with E-state index in [0.29, 0.717) is 35.7 Å². The molecular weight excluding hydrogens is 749 g/mol. The molecule has 13 heteroatoms. The van der Waals surface area contributed by atoms with Crippen LogP contribution in [0.15, 0.2) is 72.9 Å². The number of nitrogens with one attached hydrogen (secondary N) is 1. The van der Waals surface area contributed by atoms with E-state index >= 15 is 0 Å². The number of hydrogen-bond donors (Lipinski definition) is 1.